The first-order valence-electron chi connectivity index (χ1n) is 6.83. The molecule has 1 saturated carbocycles. The second kappa shape index (κ2) is 6.02. The van der Waals surface area contributed by atoms with E-state index in [1.54, 1.807) is 10.5 Å². The fourth-order valence-electron chi connectivity index (χ4n) is 2.39. The molecular weight excluding hydrogens is 376 g/mol. The lowest BCUT2D eigenvalue weighted by Crippen LogP contribution is -2.50. The first-order chi connectivity index (χ1) is 10.0. The smallest absolute Gasteiger partial charge is 0.217 e. The molecule has 0 aromatic carbocycles. The average Bonchev–Trinajstić information content (AvgIpc) is 3.33. The Labute approximate surface area is 137 Å². The van der Waals surface area contributed by atoms with Crippen LogP contribution >= 0.6 is 27.7 Å². The van der Waals surface area contributed by atoms with E-state index >= 15 is 0 Å². The largest absolute Gasteiger partial charge is 0.353 e. The van der Waals surface area contributed by atoms with E-state index in [9.17, 15) is 8.42 Å². The summed E-state index contributed by atoms with van der Waals surface area (Å²) in [6.07, 6.45) is 5.32. The van der Waals surface area contributed by atoms with Gasteiger partial charge in [-0.15, -0.1) is 0 Å². The zero-order valence-corrected chi connectivity index (χ0v) is 14.9. The molecule has 1 aliphatic heterocycles. The number of nitrogens with zero attached hydrogens (tertiary/aromatic N) is 4. The Morgan fingerprint density at radius 1 is 1.29 bits per heavy atom. The monoisotopic (exact) mass is 392 g/mol. The molecule has 0 N–H and O–H groups in total. The molecule has 9 heteroatoms. The molecule has 0 radical (unpaired) electrons. The highest BCUT2D eigenvalue weighted by Gasteiger charge is 2.41. The molecule has 116 valence electrons. The minimum absolute atomic E-state index is 0.127. The van der Waals surface area contributed by atoms with Gasteiger partial charge >= 0.3 is 0 Å². The summed E-state index contributed by atoms with van der Waals surface area (Å²) in [6, 6.07) is 0. The van der Waals surface area contributed by atoms with E-state index in [1.807, 2.05) is 6.26 Å². The summed E-state index contributed by atoms with van der Waals surface area (Å²) < 4.78 is 26.9. The van der Waals surface area contributed by atoms with Crippen LogP contribution in [0, 0.1) is 0 Å². The third-order valence-corrected chi connectivity index (χ3v) is 7.25. The predicted octanol–water partition coefficient (Wildman–Crippen LogP) is 1.58. The molecule has 1 aromatic heterocycles. The lowest BCUT2D eigenvalue weighted by molar-refractivity contribution is 0.382. The SMILES string of the molecule is CSc1ncc(Br)c(N2CCN(S(=O)(=O)C3CC3)CC2)n1. The van der Waals surface area contributed by atoms with E-state index < -0.39 is 10.0 Å². The van der Waals surface area contributed by atoms with Crippen molar-refractivity contribution in [3.8, 4) is 0 Å². The van der Waals surface area contributed by atoms with Crippen LogP contribution in [0.5, 0.6) is 0 Å². The van der Waals surface area contributed by atoms with Gasteiger partial charge in [-0.2, -0.15) is 4.31 Å². The summed E-state index contributed by atoms with van der Waals surface area (Å²) in [7, 11) is -3.06. The third kappa shape index (κ3) is 3.20. The second-order valence-electron chi connectivity index (χ2n) is 5.16. The zero-order valence-electron chi connectivity index (χ0n) is 11.7. The van der Waals surface area contributed by atoms with Gasteiger partial charge in [-0.25, -0.2) is 18.4 Å². The summed E-state index contributed by atoms with van der Waals surface area (Å²) in [5.74, 6) is 0.845. The standard InChI is InChI=1S/C12H17BrN4O2S2/c1-20-12-14-8-10(13)11(15-12)16-4-6-17(7-5-16)21(18,19)9-2-3-9/h8-9H,2-7H2,1H3. The summed E-state index contributed by atoms with van der Waals surface area (Å²) in [5, 5.41) is 0.596. The van der Waals surface area contributed by atoms with Gasteiger partial charge in [-0.05, 0) is 35.0 Å². The molecule has 1 aliphatic carbocycles. The molecule has 0 bridgehead atoms. The molecule has 3 rings (SSSR count). The Hall–Kier alpha value is -0.380. The number of piperazine rings is 1. The first-order valence-corrected chi connectivity index (χ1v) is 10.3. The summed E-state index contributed by atoms with van der Waals surface area (Å²) in [5.41, 5.74) is 0. The molecule has 2 heterocycles. The van der Waals surface area contributed by atoms with Gasteiger partial charge in [-0.3, -0.25) is 0 Å². The summed E-state index contributed by atoms with van der Waals surface area (Å²) >= 11 is 4.97. The molecule has 2 fully saturated rings. The molecule has 0 unspecified atom stereocenters. The zero-order chi connectivity index (χ0) is 15.0. The van der Waals surface area contributed by atoms with Crippen molar-refractivity contribution in [3.05, 3.63) is 10.7 Å². The lowest BCUT2D eigenvalue weighted by Gasteiger charge is -2.35. The van der Waals surface area contributed by atoms with Crippen molar-refractivity contribution in [1.82, 2.24) is 14.3 Å². The quantitative estimate of drug-likeness (QED) is 0.572. The van der Waals surface area contributed by atoms with Gasteiger partial charge < -0.3 is 4.90 Å². The van der Waals surface area contributed by atoms with Gasteiger partial charge in [0.05, 0.1) is 9.72 Å². The molecule has 21 heavy (non-hydrogen) atoms. The highest BCUT2D eigenvalue weighted by atomic mass is 79.9. The Kier molecular flexibility index (Phi) is 4.45. The predicted molar refractivity (Wildman–Crippen MR) is 87.2 cm³/mol. The van der Waals surface area contributed by atoms with Crippen LogP contribution in [0.2, 0.25) is 0 Å². The van der Waals surface area contributed by atoms with Crippen molar-refractivity contribution in [3.63, 3.8) is 0 Å². The van der Waals surface area contributed by atoms with Gasteiger partial charge in [0.2, 0.25) is 10.0 Å². The number of sulfonamides is 1. The molecule has 0 atom stereocenters. The fourth-order valence-corrected chi connectivity index (χ4v) is 5.00. The highest BCUT2D eigenvalue weighted by molar-refractivity contribution is 9.10. The Morgan fingerprint density at radius 3 is 2.52 bits per heavy atom. The number of thioether (sulfide) groups is 1. The van der Waals surface area contributed by atoms with E-state index in [2.05, 4.69) is 30.8 Å². The van der Waals surface area contributed by atoms with Crippen LogP contribution in [0.3, 0.4) is 0 Å². The number of halogens is 1. The highest BCUT2D eigenvalue weighted by Crippen LogP contribution is 2.32. The van der Waals surface area contributed by atoms with Crippen LogP contribution in [0.25, 0.3) is 0 Å². The number of rotatable bonds is 4. The normalized spacial score (nSPS) is 20.8. The topological polar surface area (TPSA) is 66.4 Å². The van der Waals surface area contributed by atoms with E-state index in [0.29, 0.717) is 26.2 Å². The molecule has 0 amide bonds. The van der Waals surface area contributed by atoms with E-state index in [4.69, 9.17) is 0 Å². The van der Waals surface area contributed by atoms with Gasteiger partial charge in [0.1, 0.15) is 5.82 Å². The van der Waals surface area contributed by atoms with Crippen LogP contribution in [-0.4, -0.2) is 60.4 Å². The minimum atomic E-state index is -3.06. The van der Waals surface area contributed by atoms with Crippen LogP contribution in [0.15, 0.2) is 15.8 Å². The summed E-state index contributed by atoms with van der Waals surface area (Å²) in [4.78, 5) is 10.8. The van der Waals surface area contributed by atoms with E-state index in [1.165, 1.54) is 11.8 Å². The van der Waals surface area contributed by atoms with Gasteiger partial charge in [0, 0.05) is 32.4 Å². The van der Waals surface area contributed by atoms with Crippen molar-refractivity contribution in [2.75, 3.05) is 37.3 Å². The van der Waals surface area contributed by atoms with Crippen LogP contribution in [0.4, 0.5) is 5.82 Å². The lowest BCUT2D eigenvalue weighted by atomic mass is 10.3. The number of anilines is 1. The molecule has 6 nitrogen and oxygen atoms in total. The maximum atomic E-state index is 12.2. The Balaban J connectivity index is 1.71. The third-order valence-electron chi connectivity index (χ3n) is 3.73. The number of hydrogen-bond acceptors (Lipinski definition) is 6. The van der Waals surface area contributed by atoms with Gasteiger partial charge in [0.15, 0.2) is 5.16 Å². The van der Waals surface area contributed by atoms with Gasteiger partial charge in [-0.1, -0.05) is 11.8 Å². The van der Waals surface area contributed by atoms with Crippen molar-refractivity contribution in [2.45, 2.75) is 23.2 Å². The van der Waals surface area contributed by atoms with Gasteiger partial charge in [0.25, 0.3) is 0 Å². The van der Waals surface area contributed by atoms with Crippen molar-refractivity contribution in [2.24, 2.45) is 0 Å². The minimum Gasteiger partial charge on any atom is -0.353 e. The molecule has 1 aromatic rings. The fraction of sp³-hybridized carbons (Fsp3) is 0.667. The Bertz CT molecular complexity index is 628. The maximum Gasteiger partial charge on any atom is 0.217 e. The second-order valence-corrected chi connectivity index (χ2v) is 9.00. The van der Waals surface area contributed by atoms with Crippen molar-refractivity contribution in [1.29, 1.82) is 0 Å². The van der Waals surface area contributed by atoms with Crippen LogP contribution < -0.4 is 4.90 Å². The molecule has 1 saturated heterocycles. The maximum absolute atomic E-state index is 12.2. The number of hydrogen-bond donors (Lipinski definition) is 0. The molecular formula is C12H17BrN4O2S2. The van der Waals surface area contributed by atoms with E-state index in [0.717, 1.165) is 28.3 Å². The average molecular weight is 393 g/mol. The van der Waals surface area contributed by atoms with Crippen LogP contribution in [-0.2, 0) is 10.0 Å². The summed E-state index contributed by atoms with van der Waals surface area (Å²) in [6.45, 7) is 2.39. The number of aromatic nitrogens is 2. The first kappa shape index (κ1) is 15.5. The van der Waals surface area contributed by atoms with Crippen molar-refractivity contribution >= 4 is 43.5 Å². The van der Waals surface area contributed by atoms with Crippen LogP contribution in [0.1, 0.15) is 12.8 Å². The Morgan fingerprint density at radius 2 is 1.95 bits per heavy atom. The van der Waals surface area contributed by atoms with E-state index in [-0.39, 0.29) is 5.25 Å². The molecule has 2 aliphatic rings. The molecule has 0 spiro atoms. The van der Waals surface area contributed by atoms with Crippen molar-refractivity contribution < 1.29 is 8.42 Å².